The summed E-state index contributed by atoms with van der Waals surface area (Å²) in [6.45, 7) is 6.30. The van der Waals surface area contributed by atoms with E-state index in [-0.39, 0.29) is 17.8 Å². The van der Waals surface area contributed by atoms with Crippen molar-refractivity contribution in [2.75, 3.05) is 7.05 Å². The van der Waals surface area contributed by atoms with Gasteiger partial charge in [-0.25, -0.2) is 17.9 Å². The van der Waals surface area contributed by atoms with E-state index in [9.17, 15) is 13.2 Å². The maximum atomic E-state index is 12.4. The standard InChI is InChI=1S/C20H33N3O3S/c1-15(2)22-27(25,26)14-18-9-7-17(8-10-18)13-21-20(24)23(4)19-11-5-16(3)6-12-19/h7-10,15-16,19,22H,5-6,11-14H2,1-4H3,(H,21,24). The monoisotopic (exact) mass is 395 g/mol. The molecule has 0 saturated heterocycles. The predicted octanol–water partition coefficient (Wildman–Crippen LogP) is 3.23. The van der Waals surface area contributed by atoms with Gasteiger partial charge in [0.05, 0.1) is 5.75 Å². The van der Waals surface area contributed by atoms with E-state index in [0.717, 1.165) is 29.9 Å². The van der Waals surface area contributed by atoms with Crippen LogP contribution in [0.15, 0.2) is 24.3 Å². The summed E-state index contributed by atoms with van der Waals surface area (Å²) < 4.78 is 26.5. The number of hydrogen-bond donors (Lipinski definition) is 2. The topological polar surface area (TPSA) is 78.5 Å². The second-order valence-corrected chi connectivity index (χ2v) is 9.79. The summed E-state index contributed by atoms with van der Waals surface area (Å²) in [6.07, 6.45) is 4.49. The molecule has 0 radical (unpaired) electrons. The molecule has 0 unspecified atom stereocenters. The van der Waals surface area contributed by atoms with Crippen molar-refractivity contribution in [3.8, 4) is 0 Å². The third kappa shape index (κ3) is 7.14. The fourth-order valence-electron chi connectivity index (χ4n) is 3.47. The van der Waals surface area contributed by atoms with E-state index in [0.29, 0.717) is 12.6 Å². The molecule has 1 fully saturated rings. The van der Waals surface area contributed by atoms with Crippen LogP contribution >= 0.6 is 0 Å². The molecule has 2 N–H and O–H groups in total. The Hall–Kier alpha value is -1.60. The van der Waals surface area contributed by atoms with Crippen LogP contribution in [0.5, 0.6) is 0 Å². The minimum Gasteiger partial charge on any atom is -0.334 e. The Morgan fingerprint density at radius 1 is 1.11 bits per heavy atom. The lowest BCUT2D eigenvalue weighted by Crippen LogP contribution is -2.44. The summed E-state index contributed by atoms with van der Waals surface area (Å²) in [4.78, 5) is 14.2. The molecule has 7 heteroatoms. The Morgan fingerprint density at radius 2 is 1.67 bits per heavy atom. The predicted molar refractivity (Wildman–Crippen MR) is 109 cm³/mol. The average Bonchev–Trinajstić information content (AvgIpc) is 2.59. The van der Waals surface area contributed by atoms with Crippen LogP contribution in [0.25, 0.3) is 0 Å². The Kier molecular flexibility index (Phi) is 7.68. The van der Waals surface area contributed by atoms with Crippen LogP contribution in [-0.2, 0) is 22.3 Å². The molecule has 0 aromatic heterocycles. The highest BCUT2D eigenvalue weighted by Crippen LogP contribution is 2.26. The highest BCUT2D eigenvalue weighted by atomic mass is 32.2. The van der Waals surface area contributed by atoms with Crippen LogP contribution in [0.4, 0.5) is 4.79 Å². The van der Waals surface area contributed by atoms with Gasteiger partial charge in [0.1, 0.15) is 0 Å². The van der Waals surface area contributed by atoms with Gasteiger partial charge >= 0.3 is 6.03 Å². The van der Waals surface area contributed by atoms with Crippen LogP contribution in [0, 0.1) is 5.92 Å². The third-order valence-corrected chi connectivity index (χ3v) is 6.64. The van der Waals surface area contributed by atoms with Gasteiger partial charge in [0, 0.05) is 25.7 Å². The number of nitrogens with zero attached hydrogens (tertiary/aromatic N) is 1. The summed E-state index contributed by atoms with van der Waals surface area (Å²) in [7, 11) is -1.46. The zero-order valence-corrected chi connectivity index (χ0v) is 17.7. The lowest BCUT2D eigenvalue weighted by molar-refractivity contribution is 0.163. The van der Waals surface area contributed by atoms with E-state index in [1.807, 2.05) is 24.1 Å². The minimum atomic E-state index is -3.33. The van der Waals surface area contributed by atoms with Crippen molar-refractivity contribution in [3.05, 3.63) is 35.4 Å². The molecule has 0 heterocycles. The second kappa shape index (κ2) is 9.55. The number of carbonyl (C=O) groups is 1. The number of hydrogen-bond acceptors (Lipinski definition) is 3. The molecule has 27 heavy (non-hydrogen) atoms. The molecule has 1 aromatic carbocycles. The zero-order valence-electron chi connectivity index (χ0n) is 16.9. The molecule has 2 amide bonds. The van der Waals surface area contributed by atoms with E-state index in [1.165, 1.54) is 12.8 Å². The van der Waals surface area contributed by atoms with E-state index in [2.05, 4.69) is 17.0 Å². The Bertz CT molecular complexity index is 708. The first-order valence-electron chi connectivity index (χ1n) is 9.75. The molecular formula is C20H33N3O3S. The fraction of sp³-hybridized carbons (Fsp3) is 0.650. The van der Waals surface area contributed by atoms with Gasteiger partial charge in [-0.1, -0.05) is 31.2 Å². The number of urea groups is 1. The number of rotatable bonds is 7. The van der Waals surface area contributed by atoms with Crippen LogP contribution in [0.1, 0.15) is 57.6 Å². The molecule has 1 aliphatic carbocycles. The van der Waals surface area contributed by atoms with Gasteiger partial charge in [0.15, 0.2) is 0 Å². The highest BCUT2D eigenvalue weighted by molar-refractivity contribution is 7.88. The minimum absolute atomic E-state index is 0.0410. The second-order valence-electron chi connectivity index (χ2n) is 8.03. The number of nitrogens with one attached hydrogen (secondary N) is 2. The lowest BCUT2D eigenvalue weighted by Gasteiger charge is -2.33. The molecular weight excluding hydrogens is 362 g/mol. The molecule has 0 aliphatic heterocycles. The SMILES string of the molecule is CC1CCC(N(C)C(=O)NCc2ccc(CS(=O)(=O)NC(C)C)cc2)CC1. The van der Waals surface area contributed by atoms with Gasteiger partial charge in [-0.2, -0.15) is 0 Å². The molecule has 1 saturated carbocycles. The van der Waals surface area contributed by atoms with Crippen LogP contribution in [0.3, 0.4) is 0 Å². The Balaban J connectivity index is 1.83. The van der Waals surface area contributed by atoms with E-state index < -0.39 is 10.0 Å². The Labute approximate surface area is 163 Å². The number of benzene rings is 1. The largest absolute Gasteiger partial charge is 0.334 e. The van der Waals surface area contributed by atoms with Gasteiger partial charge in [-0.3, -0.25) is 0 Å². The normalized spacial score (nSPS) is 20.5. The lowest BCUT2D eigenvalue weighted by atomic mass is 9.87. The molecule has 2 rings (SSSR count). The summed E-state index contributed by atoms with van der Waals surface area (Å²) in [5, 5.41) is 2.96. The van der Waals surface area contributed by atoms with Gasteiger partial charge in [-0.15, -0.1) is 0 Å². The maximum absolute atomic E-state index is 12.4. The average molecular weight is 396 g/mol. The molecule has 0 spiro atoms. The molecule has 152 valence electrons. The van der Waals surface area contributed by atoms with E-state index in [1.54, 1.807) is 26.0 Å². The van der Waals surface area contributed by atoms with Crippen molar-refractivity contribution >= 4 is 16.1 Å². The van der Waals surface area contributed by atoms with Crippen LogP contribution < -0.4 is 10.0 Å². The fourth-order valence-corrected chi connectivity index (χ4v) is 4.90. The molecule has 0 bridgehead atoms. The van der Waals surface area contributed by atoms with Crippen LogP contribution in [-0.4, -0.2) is 38.5 Å². The quantitative estimate of drug-likeness (QED) is 0.744. The van der Waals surface area contributed by atoms with Crippen molar-refractivity contribution in [2.24, 2.45) is 5.92 Å². The molecule has 1 aliphatic rings. The number of sulfonamides is 1. The Morgan fingerprint density at radius 3 is 2.22 bits per heavy atom. The zero-order chi connectivity index (χ0) is 20.0. The first-order valence-corrected chi connectivity index (χ1v) is 11.4. The van der Waals surface area contributed by atoms with Crippen molar-refractivity contribution in [1.29, 1.82) is 0 Å². The number of carbonyl (C=O) groups excluding carboxylic acids is 1. The summed E-state index contributed by atoms with van der Waals surface area (Å²) in [5.41, 5.74) is 1.68. The molecule has 1 aromatic rings. The van der Waals surface area contributed by atoms with Gasteiger partial charge in [0.2, 0.25) is 10.0 Å². The summed E-state index contributed by atoms with van der Waals surface area (Å²) in [6, 6.07) is 7.48. The van der Waals surface area contributed by atoms with E-state index >= 15 is 0 Å². The summed E-state index contributed by atoms with van der Waals surface area (Å²) >= 11 is 0. The van der Waals surface area contributed by atoms with Gasteiger partial charge < -0.3 is 10.2 Å². The summed E-state index contributed by atoms with van der Waals surface area (Å²) in [5.74, 6) is 0.719. The molecule has 6 nitrogen and oxygen atoms in total. The van der Waals surface area contributed by atoms with Crippen LogP contribution in [0.2, 0.25) is 0 Å². The highest BCUT2D eigenvalue weighted by Gasteiger charge is 2.24. The first-order chi connectivity index (χ1) is 12.7. The van der Waals surface area contributed by atoms with Gasteiger partial charge in [-0.05, 0) is 56.6 Å². The van der Waals surface area contributed by atoms with Gasteiger partial charge in [0.25, 0.3) is 0 Å². The van der Waals surface area contributed by atoms with Crippen molar-refractivity contribution < 1.29 is 13.2 Å². The first kappa shape index (κ1) is 21.7. The molecule has 0 atom stereocenters. The maximum Gasteiger partial charge on any atom is 0.317 e. The van der Waals surface area contributed by atoms with E-state index in [4.69, 9.17) is 0 Å². The third-order valence-electron chi connectivity index (χ3n) is 5.09. The van der Waals surface area contributed by atoms with Crippen molar-refractivity contribution in [3.63, 3.8) is 0 Å². The van der Waals surface area contributed by atoms with Crippen molar-refractivity contribution in [1.82, 2.24) is 14.9 Å². The van der Waals surface area contributed by atoms with Crippen molar-refractivity contribution in [2.45, 2.75) is 70.8 Å². The number of amides is 2. The smallest absolute Gasteiger partial charge is 0.317 e.